The highest BCUT2D eigenvalue weighted by molar-refractivity contribution is 5.92. The first-order valence-corrected chi connectivity index (χ1v) is 14.3. The molecule has 3 aliphatic rings. The van der Waals surface area contributed by atoms with Crippen LogP contribution in [0.4, 0.5) is 4.39 Å². The molecule has 2 aromatic carbocycles. The maximum absolute atomic E-state index is 14.3. The van der Waals surface area contributed by atoms with E-state index in [-0.39, 0.29) is 29.5 Å². The van der Waals surface area contributed by atoms with Crippen LogP contribution in [0.1, 0.15) is 52.3 Å². The van der Waals surface area contributed by atoms with E-state index in [2.05, 4.69) is 15.5 Å². The van der Waals surface area contributed by atoms with Gasteiger partial charge >= 0.3 is 5.97 Å². The highest BCUT2D eigenvalue weighted by atomic mass is 19.1. The van der Waals surface area contributed by atoms with Crippen molar-refractivity contribution in [2.75, 3.05) is 19.7 Å². The molecule has 3 unspecified atom stereocenters. The number of imidazole rings is 1. The summed E-state index contributed by atoms with van der Waals surface area (Å²) in [5.74, 6) is 0.777. The minimum Gasteiger partial charge on any atom is -0.478 e. The number of nitrogens with zero attached hydrogens (tertiary/aromatic N) is 4. The van der Waals surface area contributed by atoms with Gasteiger partial charge < -0.3 is 19.1 Å². The lowest BCUT2D eigenvalue weighted by Gasteiger charge is -2.32. The Balaban J connectivity index is 1.05. The topological polar surface area (TPSA) is 89.7 Å². The summed E-state index contributed by atoms with van der Waals surface area (Å²) >= 11 is 0. The number of fused-ring (bicyclic) bond motifs is 2. The molecule has 7 rings (SSSR count). The molecular formula is C32H33FN4O4. The molecule has 3 atom stereocenters. The van der Waals surface area contributed by atoms with E-state index in [9.17, 15) is 14.3 Å². The zero-order valence-electron chi connectivity index (χ0n) is 23.1. The number of ether oxygens (including phenoxy) is 2. The number of hydrogen-bond donors (Lipinski definition) is 1. The molecule has 8 nitrogen and oxygen atoms in total. The number of rotatable bonds is 9. The van der Waals surface area contributed by atoms with Crippen molar-refractivity contribution in [3.63, 3.8) is 0 Å². The van der Waals surface area contributed by atoms with Gasteiger partial charge in [-0.05, 0) is 74.5 Å². The van der Waals surface area contributed by atoms with Crippen LogP contribution in [0.25, 0.3) is 11.0 Å². The first-order valence-electron chi connectivity index (χ1n) is 14.3. The fourth-order valence-corrected chi connectivity index (χ4v) is 6.43. The third kappa shape index (κ3) is 4.97. The second-order valence-corrected chi connectivity index (χ2v) is 11.7. The van der Waals surface area contributed by atoms with Crippen LogP contribution in [-0.4, -0.2) is 56.3 Å². The molecule has 2 aromatic heterocycles. The smallest absolute Gasteiger partial charge is 0.335 e. The predicted octanol–water partition coefficient (Wildman–Crippen LogP) is 5.11. The van der Waals surface area contributed by atoms with Gasteiger partial charge in [0.1, 0.15) is 18.2 Å². The zero-order chi connectivity index (χ0) is 28.1. The minimum absolute atomic E-state index is 0.0568. The SMILES string of the molecule is Cc1ccc(COc2cccc(C34CCN(Cc5nc6ccc(C(=O)O)cc6n5CC5CCO5)CC3C4)n2)c(F)c1. The number of carboxylic acid groups (broad SMARTS) is 1. The van der Waals surface area contributed by atoms with Crippen molar-refractivity contribution in [3.05, 3.63) is 88.6 Å². The van der Waals surface area contributed by atoms with Gasteiger partial charge in [-0.3, -0.25) is 4.90 Å². The number of halogens is 1. The highest BCUT2D eigenvalue weighted by Gasteiger charge is 2.58. The molecule has 0 radical (unpaired) electrons. The van der Waals surface area contributed by atoms with Crippen molar-refractivity contribution >= 4 is 17.0 Å². The zero-order valence-corrected chi connectivity index (χ0v) is 23.1. The monoisotopic (exact) mass is 556 g/mol. The van der Waals surface area contributed by atoms with Crippen molar-refractivity contribution in [1.29, 1.82) is 0 Å². The van der Waals surface area contributed by atoms with Gasteiger partial charge in [0.15, 0.2) is 0 Å². The molecule has 3 fully saturated rings. The standard InChI is InChI=1S/C32H33FN4O4/c1-20-5-6-22(25(33)13-20)19-41-30-4-2-3-28(35-30)32-10-11-36(16-23(32)15-32)18-29-34-26-8-7-21(31(38)39)14-27(26)37(29)17-24-9-12-40-24/h2-8,13-14,23-24H,9-12,15-19H2,1H3,(H,38,39). The van der Waals surface area contributed by atoms with Crippen LogP contribution in [0.3, 0.4) is 0 Å². The molecule has 2 saturated heterocycles. The molecule has 1 saturated carbocycles. The summed E-state index contributed by atoms with van der Waals surface area (Å²) in [6, 6.07) is 16.2. The van der Waals surface area contributed by atoms with Crippen LogP contribution in [0.2, 0.25) is 0 Å². The number of aromatic carboxylic acids is 1. The molecule has 2 aliphatic heterocycles. The normalized spacial score (nSPS) is 23.7. The number of carboxylic acids is 1. The molecule has 1 N–H and O–H groups in total. The van der Waals surface area contributed by atoms with Gasteiger partial charge in [0, 0.05) is 30.2 Å². The lowest BCUT2D eigenvalue weighted by atomic mass is 9.91. The average Bonchev–Trinajstić information content (AvgIpc) is 3.58. The number of aryl methyl sites for hydroxylation is 1. The van der Waals surface area contributed by atoms with Crippen LogP contribution in [-0.2, 0) is 29.8 Å². The fourth-order valence-electron chi connectivity index (χ4n) is 6.43. The predicted molar refractivity (Wildman–Crippen MR) is 150 cm³/mol. The second-order valence-electron chi connectivity index (χ2n) is 11.7. The summed E-state index contributed by atoms with van der Waals surface area (Å²) in [6.45, 7) is 6.03. The molecule has 0 spiro atoms. The Kier molecular flexibility index (Phi) is 6.51. The first-order chi connectivity index (χ1) is 19.9. The molecule has 212 valence electrons. The van der Waals surface area contributed by atoms with Gasteiger partial charge in [-0.15, -0.1) is 0 Å². The lowest BCUT2D eigenvalue weighted by molar-refractivity contribution is -0.0592. The largest absolute Gasteiger partial charge is 0.478 e. The number of piperidine rings is 1. The van der Waals surface area contributed by atoms with Crippen molar-refractivity contribution in [2.45, 2.75) is 57.4 Å². The summed E-state index contributed by atoms with van der Waals surface area (Å²) < 4.78 is 28.0. The second kappa shape index (κ2) is 10.2. The molecular weight excluding hydrogens is 523 g/mol. The Labute approximate surface area is 237 Å². The number of carbonyl (C=O) groups is 1. The third-order valence-corrected chi connectivity index (χ3v) is 9.02. The highest BCUT2D eigenvalue weighted by Crippen LogP contribution is 2.59. The van der Waals surface area contributed by atoms with Gasteiger partial charge in [-0.25, -0.2) is 19.2 Å². The average molecular weight is 557 g/mol. The van der Waals surface area contributed by atoms with Crippen molar-refractivity contribution in [3.8, 4) is 5.88 Å². The molecule has 9 heteroatoms. The quantitative estimate of drug-likeness (QED) is 0.307. The molecule has 4 aromatic rings. The lowest BCUT2D eigenvalue weighted by Crippen LogP contribution is -2.37. The summed E-state index contributed by atoms with van der Waals surface area (Å²) in [4.78, 5) is 23.8. The maximum atomic E-state index is 14.3. The van der Waals surface area contributed by atoms with Crippen molar-refractivity contribution < 1.29 is 23.8 Å². The van der Waals surface area contributed by atoms with Gasteiger partial charge in [0.2, 0.25) is 5.88 Å². The number of benzene rings is 2. The molecule has 0 bridgehead atoms. The Morgan fingerprint density at radius 1 is 1.20 bits per heavy atom. The third-order valence-electron chi connectivity index (χ3n) is 9.02. The maximum Gasteiger partial charge on any atom is 0.335 e. The molecule has 1 aliphatic carbocycles. The number of aromatic nitrogens is 3. The van der Waals surface area contributed by atoms with E-state index in [0.717, 1.165) is 67.1 Å². The van der Waals surface area contributed by atoms with Gasteiger partial charge in [-0.2, -0.15) is 0 Å². The van der Waals surface area contributed by atoms with Gasteiger partial charge in [0.25, 0.3) is 0 Å². The molecule has 41 heavy (non-hydrogen) atoms. The Hall–Kier alpha value is -3.82. The van der Waals surface area contributed by atoms with E-state index in [4.69, 9.17) is 19.4 Å². The van der Waals surface area contributed by atoms with Crippen LogP contribution in [0, 0.1) is 18.7 Å². The number of hydrogen-bond acceptors (Lipinski definition) is 6. The van der Waals surface area contributed by atoms with E-state index in [0.29, 0.717) is 30.5 Å². The summed E-state index contributed by atoms with van der Waals surface area (Å²) in [5.41, 5.74) is 4.44. The van der Waals surface area contributed by atoms with Crippen LogP contribution < -0.4 is 4.74 Å². The van der Waals surface area contributed by atoms with E-state index in [1.54, 1.807) is 24.3 Å². The van der Waals surface area contributed by atoms with Crippen LogP contribution >= 0.6 is 0 Å². The van der Waals surface area contributed by atoms with Crippen molar-refractivity contribution in [1.82, 2.24) is 19.4 Å². The summed E-state index contributed by atoms with van der Waals surface area (Å²) in [6.07, 6.45) is 3.22. The van der Waals surface area contributed by atoms with Crippen molar-refractivity contribution in [2.24, 2.45) is 5.92 Å². The van der Waals surface area contributed by atoms with Gasteiger partial charge in [0.05, 0.1) is 41.5 Å². The summed E-state index contributed by atoms with van der Waals surface area (Å²) in [7, 11) is 0. The Morgan fingerprint density at radius 2 is 2.07 bits per heavy atom. The van der Waals surface area contributed by atoms with E-state index < -0.39 is 5.97 Å². The Morgan fingerprint density at radius 3 is 2.83 bits per heavy atom. The number of pyridine rings is 1. The minimum atomic E-state index is -0.937. The van der Waals surface area contributed by atoms with Gasteiger partial charge in [-0.1, -0.05) is 18.2 Å². The first kappa shape index (κ1) is 26.1. The van der Waals surface area contributed by atoms with E-state index >= 15 is 0 Å². The van der Waals surface area contributed by atoms with Crippen LogP contribution in [0.15, 0.2) is 54.6 Å². The van der Waals surface area contributed by atoms with Crippen LogP contribution in [0.5, 0.6) is 5.88 Å². The Bertz CT molecular complexity index is 1630. The fraction of sp³-hybridized carbons (Fsp3) is 0.406. The van der Waals surface area contributed by atoms with E-state index in [1.807, 2.05) is 25.1 Å². The number of likely N-dealkylation sites (tertiary alicyclic amines) is 1. The molecule has 4 heterocycles. The summed E-state index contributed by atoms with van der Waals surface area (Å²) in [5, 5.41) is 9.52. The van der Waals surface area contributed by atoms with E-state index in [1.165, 1.54) is 6.07 Å². The molecule has 0 amide bonds.